The van der Waals surface area contributed by atoms with Crippen molar-refractivity contribution in [3.63, 3.8) is 0 Å². The fourth-order valence-corrected chi connectivity index (χ4v) is 3.30. The number of aromatic hydroxyl groups is 1. The molecule has 0 amide bonds. The van der Waals surface area contributed by atoms with E-state index in [4.69, 9.17) is 27.9 Å². The fourth-order valence-electron chi connectivity index (χ4n) is 2.64. The Labute approximate surface area is 179 Å². The van der Waals surface area contributed by atoms with Crippen molar-refractivity contribution in [1.82, 2.24) is 5.32 Å². The van der Waals surface area contributed by atoms with Crippen molar-refractivity contribution in [1.29, 1.82) is 0 Å². The molecule has 0 aromatic heterocycles. The number of carboxylic acids is 1. The molecule has 2 rings (SSSR count). The van der Waals surface area contributed by atoms with E-state index in [9.17, 15) is 19.8 Å². The van der Waals surface area contributed by atoms with E-state index in [-0.39, 0.29) is 22.8 Å². The zero-order valence-corrected chi connectivity index (χ0v) is 17.8. The van der Waals surface area contributed by atoms with Gasteiger partial charge in [-0.15, -0.1) is 0 Å². The lowest BCUT2D eigenvalue weighted by Crippen LogP contribution is -2.54. The van der Waals surface area contributed by atoms with Gasteiger partial charge in [0, 0.05) is 10.6 Å². The minimum absolute atomic E-state index is 0.0112. The van der Waals surface area contributed by atoms with Gasteiger partial charge in [0.2, 0.25) is 5.00 Å². The summed E-state index contributed by atoms with van der Waals surface area (Å²) in [6.07, 6.45) is 0.0112. The van der Waals surface area contributed by atoms with Crippen molar-refractivity contribution in [3.05, 3.63) is 64.7 Å². The predicted molar refractivity (Wildman–Crippen MR) is 111 cm³/mol. The third-order valence-electron chi connectivity index (χ3n) is 3.97. The highest BCUT2D eigenvalue weighted by Crippen LogP contribution is 2.35. The number of halogens is 2. The van der Waals surface area contributed by atoms with Gasteiger partial charge in [0.1, 0.15) is 17.4 Å². The third kappa shape index (κ3) is 6.10. The third-order valence-corrected chi connectivity index (χ3v) is 4.77. The van der Waals surface area contributed by atoms with Crippen molar-refractivity contribution in [3.8, 4) is 5.75 Å². The molecule has 1 unspecified atom stereocenters. The first kappa shape index (κ1) is 23.0. The molecule has 8 heteroatoms. The number of aliphatic carboxylic acids is 1. The van der Waals surface area contributed by atoms with Crippen LogP contribution in [0.5, 0.6) is 5.75 Å². The van der Waals surface area contributed by atoms with E-state index in [0.29, 0.717) is 5.56 Å². The van der Waals surface area contributed by atoms with Crippen LogP contribution in [0.3, 0.4) is 0 Å². The molecule has 0 aliphatic carbocycles. The van der Waals surface area contributed by atoms with E-state index in [2.05, 4.69) is 5.32 Å². The highest BCUT2D eigenvalue weighted by Gasteiger charge is 2.45. The molecule has 2 aromatic rings. The smallest absolute Gasteiger partial charge is 0.347 e. The molecule has 0 fully saturated rings. The van der Waals surface area contributed by atoms with Gasteiger partial charge in [-0.1, -0.05) is 53.5 Å². The van der Waals surface area contributed by atoms with Crippen LogP contribution in [0.4, 0.5) is 0 Å². The van der Waals surface area contributed by atoms with Crippen molar-refractivity contribution < 1.29 is 24.5 Å². The Kier molecular flexibility index (Phi) is 7.16. The second-order valence-corrected chi connectivity index (χ2v) is 8.52. The van der Waals surface area contributed by atoms with E-state index in [1.54, 1.807) is 51.1 Å². The number of phenols is 1. The second kappa shape index (κ2) is 9.03. The Morgan fingerprint density at radius 3 is 2.21 bits per heavy atom. The number of ether oxygens (including phenoxy) is 1. The van der Waals surface area contributed by atoms with E-state index in [0.717, 1.165) is 0 Å². The molecular formula is C21H23Cl2NO5. The first-order valence-corrected chi connectivity index (χ1v) is 9.64. The lowest BCUT2D eigenvalue weighted by atomic mass is 10.0. The summed E-state index contributed by atoms with van der Waals surface area (Å²) < 4.78 is 5.44. The van der Waals surface area contributed by atoms with Crippen LogP contribution in [0.2, 0.25) is 5.02 Å². The lowest BCUT2D eigenvalue weighted by molar-refractivity contribution is -0.160. The summed E-state index contributed by atoms with van der Waals surface area (Å²) in [5.74, 6) is -2.01. The Hall–Kier alpha value is -2.28. The number of rotatable bonds is 7. The zero-order valence-electron chi connectivity index (χ0n) is 16.3. The number of phenolic OH excluding ortho intramolecular Hbond substituents is 1. The standard InChI is InChI=1S/C21H23Cl2NO5/c1-20(2,3)29-19(28)21(23,15-6-4-5-7-16(15)22)24-17(18(26)27)12-13-8-10-14(25)11-9-13/h4-11,17,24-25H,12H2,1-3H3,(H,26,27)/t17-,21?/m0/s1. The summed E-state index contributed by atoms with van der Waals surface area (Å²) in [6.45, 7) is 5.04. The Balaban J connectivity index is 2.43. The lowest BCUT2D eigenvalue weighted by Gasteiger charge is -2.33. The summed E-state index contributed by atoms with van der Waals surface area (Å²) in [7, 11) is 0. The number of hydrogen-bond acceptors (Lipinski definition) is 5. The average Bonchev–Trinajstić information content (AvgIpc) is 2.61. The molecule has 29 heavy (non-hydrogen) atoms. The van der Waals surface area contributed by atoms with E-state index in [1.165, 1.54) is 18.2 Å². The molecule has 2 atom stereocenters. The molecule has 2 aromatic carbocycles. The molecule has 0 aliphatic rings. The number of benzene rings is 2. The van der Waals surface area contributed by atoms with Crippen LogP contribution in [0, 0.1) is 0 Å². The van der Waals surface area contributed by atoms with E-state index < -0.39 is 28.6 Å². The molecule has 0 aliphatic heterocycles. The number of esters is 1. The first-order chi connectivity index (χ1) is 13.4. The van der Waals surface area contributed by atoms with Crippen LogP contribution < -0.4 is 5.32 Å². The maximum Gasteiger partial charge on any atom is 0.347 e. The van der Waals surface area contributed by atoms with Crippen LogP contribution >= 0.6 is 23.2 Å². The minimum Gasteiger partial charge on any atom is -0.508 e. The van der Waals surface area contributed by atoms with Crippen LogP contribution in [0.1, 0.15) is 31.9 Å². The van der Waals surface area contributed by atoms with Crippen LogP contribution in [-0.2, 0) is 25.7 Å². The monoisotopic (exact) mass is 439 g/mol. The van der Waals surface area contributed by atoms with Crippen molar-refractivity contribution >= 4 is 35.1 Å². The van der Waals surface area contributed by atoms with Gasteiger partial charge in [0.05, 0.1) is 0 Å². The zero-order chi connectivity index (χ0) is 21.8. The molecular weight excluding hydrogens is 417 g/mol. The summed E-state index contributed by atoms with van der Waals surface area (Å²) >= 11 is 12.9. The quantitative estimate of drug-likeness (QED) is 0.341. The second-order valence-electron chi connectivity index (χ2n) is 7.55. The molecule has 0 radical (unpaired) electrons. The largest absolute Gasteiger partial charge is 0.508 e. The van der Waals surface area contributed by atoms with Gasteiger partial charge >= 0.3 is 11.9 Å². The Bertz CT molecular complexity index is 879. The van der Waals surface area contributed by atoms with Crippen molar-refractivity contribution in [2.45, 2.75) is 43.8 Å². The van der Waals surface area contributed by atoms with Crippen LogP contribution in [0.15, 0.2) is 48.5 Å². The van der Waals surface area contributed by atoms with Crippen LogP contribution in [0.25, 0.3) is 0 Å². The minimum atomic E-state index is -2.02. The summed E-state index contributed by atoms with van der Waals surface area (Å²) in [6, 6.07) is 11.2. The van der Waals surface area contributed by atoms with Crippen LogP contribution in [-0.4, -0.2) is 33.8 Å². The normalized spacial score (nSPS) is 14.7. The van der Waals surface area contributed by atoms with Gasteiger partial charge in [-0.2, -0.15) is 0 Å². The average molecular weight is 440 g/mol. The SMILES string of the molecule is CC(C)(C)OC(=O)C(Cl)(N[C@@H](Cc1ccc(O)cc1)C(=O)O)c1ccccc1Cl. The summed E-state index contributed by atoms with van der Waals surface area (Å²) in [5, 5.41) is 22.1. The molecule has 3 N–H and O–H groups in total. The highest BCUT2D eigenvalue weighted by molar-refractivity contribution is 6.37. The number of carbonyl (C=O) groups excluding carboxylic acids is 1. The number of hydrogen-bond donors (Lipinski definition) is 3. The van der Waals surface area contributed by atoms with Gasteiger partial charge in [-0.3, -0.25) is 10.1 Å². The maximum absolute atomic E-state index is 13.0. The van der Waals surface area contributed by atoms with E-state index in [1.807, 2.05) is 0 Å². The number of alkyl halides is 1. The topological polar surface area (TPSA) is 95.9 Å². The van der Waals surface area contributed by atoms with E-state index >= 15 is 0 Å². The van der Waals surface area contributed by atoms with Crippen molar-refractivity contribution in [2.24, 2.45) is 0 Å². The van der Waals surface area contributed by atoms with Gasteiger partial charge in [-0.05, 0) is 51.0 Å². The van der Waals surface area contributed by atoms with Crippen molar-refractivity contribution in [2.75, 3.05) is 0 Å². The van der Waals surface area contributed by atoms with Gasteiger partial charge in [0.15, 0.2) is 0 Å². The number of carbonyl (C=O) groups is 2. The molecule has 0 bridgehead atoms. The first-order valence-electron chi connectivity index (χ1n) is 8.88. The van der Waals surface area contributed by atoms with Gasteiger partial charge in [-0.25, -0.2) is 4.79 Å². The summed E-state index contributed by atoms with van der Waals surface area (Å²) in [4.78, 5) is 22.9. The highest BCUT2D eigenvalue weighted by atomic mass is 35.5. The van der Waals surface area contributed by atoms with Gasteiger partial charge in [0.25, 0.3) is 0 Å². The predicted octanol–water partition coefficient (Wildman–Crippen LogP) is 4.06. The maximum atomic E-state index is 13.0. The molecule has 0 spiro atoms. The molecule has 6 nitrogen and oxygen atoms in total. The molecule has 0 saturated carbocycles. The Morgan fingerprint density at radius 2 is 1.69 bits per heavy atom. The summed E-state index contributed by atoms with van der Waals surface area (Å²) in [5.41, 5.74) is -0.0323. The molecule has 156 valence electrons. The number of carboxylic acid groups (broad SMARTS) is 1. The number of nitrogens with one attached hydrogen (secondary N) is 1. The molecule has 0 saturated heterocycles. The molecule has 0 heterocycles. The Morgan fingerprint density at radius 1 is 1.10 bits per heavy atom. The fraction of sp³-hybridized carbons (Fsp3) is 0.333. The van der Waals surface area contributed by atoms with Gasteiger partial charge < -0.3 is 14.9 Å².